The van der Waals surface area contributed by atoms with Crippen molar-refractivity contribution in [2.24, 2.45) is 0 Å². The van der Waals surface area contributed by atoms with Crippen molar-refractivity contribution in [3.05, 3.63) is 0 Å². The zero-order valence-corrected chi connectivity index (χ0v) is 8.82. The smallest absolute Gasteiger partial charge is 0.0441 e. The monoisotopic (exact) mass is 189 g/mol. The van der Waals surface area contributed by atoms with Gasteiger partial charge in [0, 0.05) is 34.9 Å². The van der Waals surface area contributed by atoms with Crippen molar-refractivity contribution in [2.45, 2.75) is 43.9 Å². The highest BCUT2D eigenvalue weighted by Gasteiger charge is 2.15. The molecular formula is C9H19NOS. The van der Waals surface area contributed by atoms with Gasteiger partial charge in [-0.1, -0.05) is 12.8 Å². The molecule has 3 heteroatoms. The van der Waals surface area contributed by atoms with Crippen LogP contribution < -0.4 is 5.32 Å². The molecule has 1 N–H and O–H groups in total. The Morgan fingerprint density at radius 1 is 1.50 bits per heavy atom. The first-order chi connectivity index (χ1) is 5.70. The summed E-state index contributed by atoms with van der Waals surface area (Å²) in [4.78, 5) is 0. The maximum atomic E-state index is 11.0. The van der Waals surface area contributed by atoms with Gasteiger partial charge in [0.2, 0.25) is 0 Å². The fraction of sp³-hybridized carbons (Fsp3) is 1.00. The summed E-state index contributed by atoms with van der Waals surface area (Å²) in [6, 6.07) is 0.705. The van der Waals surface area contributed by atoms with Gasteiger partial charge >= 0.3 is 0 Å². The summed E-state index contributed by atoms with van der Waals surface area (Å²) in [7, 11) is -0.673. The fourth-order valence-electron chi connectivity index (χ4n) is 1.58. The van der Waals surface area contributed by atoms with E-state index in [4.69, 9.17) is 0 Å². The third kappa shape index (κ3) is 3.23. The number of hydrogen-bond donors (Lipinski definition) is 1. The maximum Gasteiger partial charge on any atom is 0.0441 e. The Hall–Kier alpha value is 0.110. The van der Waals surface area contributed by atoms with Crippen LogP contribution in [0.1, 0.15) is 32.6 Å². The molecule has 0 aromatic rings. The third-order valence-corrected chi connectivity index (χ3v) is 3.92. The minimum absolute atomic E-state index is 0.297. The molecule has 0 aromatic carbocycles. The van der Waals surface area contributed by atoms with Gasteiger partial charge in [0.25, 0.3) is 0 Å². The first-order valence-electron chi connectivity index (χ1n) is 4.75. The lowest BCUT2D eigenvalue weighted by atomic mass is 10.2. The Morgan fingerprint density at radius 2 is 2.08 bits per heavy atom. The van der Waals surface area contributed by atoms with E-state index < -0.39 is 10.8 Å². The quantitative estimate of drug-likeness (QED) is 0.722. The van der Waals surface area contributed by atoms with Crippen LogP contribution in [-0.4, -0.2) is 28.3 Å². The van der Waals surface area contributed by atoms with Crippen LogP contribution in [0.3, 0.4) is 0 Å². The van der Waals surface area contributed by atoms with Crippen LogP contribution in [0.15, 0.2) is 0 Å². The van der Waals surface area contributed by atoms with E-state index in [1.54, 1.807) is 6.26 Å². The number of rotatable bonds is 4. The normalized spacial score (nSPS) is 24.2. The third-order valence-electron chi connectivity index (χ3n) is 2.62. The molecule has 2 atom stereocenters. The Kier molecular flexibility index (Phi) is 4.22. The van der Waals surface area contributed by atoms with Crippen molar-refractivity contribution in [1.82, 2.24) is 5.32 Å². The summed E-state index contributed by atoms with van der Waals surface area (Å²) < 4.78 is 11.0. The van der Waals surface area contributed by atoms with Crippen LogP contribution >= 0.6 is 0 Å². The predicted octanol–water partition coefficient (Wildman–Crippen LogP) is 1.29. The summed E-state index contributed by atoms with van der Waals surface area (Å²) in [5, 5.41) is 3.77. The minimum Gasteiger partial charge on any atom is -0.313 e. The molecule has 1 rings (SSSR count). The van der Waals surface area contributed by atoms with Gasteiger partial charge in [0.05, 0.1) is 0 Å². The maximum absolute atomic E-state index is 11.0. The Morgan fingerprint density at radius 3 is 2.58 bits per heavy atom. The minimum atomic E-state index is -0.673. The summed E-state index contributed by atoms with van der Waals surface area (Å²) in [5.41, 5.74) is 0. The molecule has 0 spiro atoms. The SMILES string of the molecule is CC(CNC1CCCC1)S(C)=O. The van der Waals surface area contributed by atoms with E-state index in [0.717, 1.165) is 6.54 Å². The molecule has 0 aromatic heterocycles. The Bertz CT molecular complexity index is 155. The molecule has 0 saturated heterocycles. The summed E-state index contributed by atoms with van der Waals surface area (Å²) in [6.45, 7) is 2.95. The molecule has 1 aliphatic rings. The molecular weight excluding hydrogens is 170 g/mol. The zero-order valence-electron chi connectivity index (χ0n) is 8.01. The predicted molar refractivity (Wildman–Crippen MR) is 53.8 cm³/mol. The van der Waals surface area contributed by atoms with E-state index in [1.807, 2.05) is 6.92 Å². The highest BCUT2D eigenvalue weighted by atomic mass is 32.2. The molecule has 1 aliphatic carbocycles. The Labute approximate surface area is 77.6 Å². The van der Waals surface area contributed by atoms with Crippen molar-refractivity contribution >= 4 is 10.8 Å². The van der Waals surface area contributed by atoms with Gasteiger partial charge in [0.1, 0.15) is 0 Å². The highest BCUT2D eigenvalue weighted by molar-refractivity contribution is 7.84. The lowest BCUT2D eigenvalue weighted by molar-refractivity contribution is 0.523. The largest absolute Gasteiger partial charge is 0.313 e. The number of nitrogens with one attached hydrogen (secondary N) is 1. The van der Waals surface area contributed by atoms with Gasteiger partial charge in [-0.05, 0) is 19.8 Å². The van der Waals surface area contributed by atoms with Crippen molar-refractivity contribution in [3.63, 3.8) is 0 Å². The zero-order chi connectivity index (χ0) is 8.97. The summed E-state index contributed by atoms with van der Waals surface area (Å²) in [5.74, 6) is 0. The molecule has 0 radical (unpaired) electrons. The number of hydrogen-bond acceptors (Lipinski definition) is 2. The van der Waals surface area contributed by atoms with Crippen LogP contribution in [0.25, 0.3) is 0 Å². The van der Waals surface area contributed by atoms with Crippen LogP contribution in [0.4, 0.5) is 0 Å². The summed E-state index contributed by atoms with van der Waals surface area (Å²) in [6.07, 6.45) is 7.12. The standard InChI is InChI=1S/C9H19NOS/c1-8(12(2)11)7-10-9-5-3-4-6-9/h8-10H,3-7H2,1-2H3. The second-order valence-corrected chi connectivity index (χ2v) is 5.50. The van der Waals surface area contributed by atoms with Gasteiger partial charge in [0.15, 0.2) is 0 Å². The molecule has 0 bridgehead atoms. The Balaban J connectivity index is 2.11. The molecule has 0 amide bonds. The average molecular weight is 189 g/mol. The van der Waals surface area contributed by atoms with Crippen molar-refractivity contribution in [2.75, 3.05) is 12.8 Å². The van der Waals surface area contributed by atoms with E-state index in [-0.39, 0.29) is 0 Å². The van der Waals surface area contributed by atoms with Gasteiger partial charge in [-0.2, -0.15) is 0 Å². The lowest BCUT2D eigenvalue weighted by Crippen LogP contribution is -2.34. The summed E-state index contributed by atoms with van der Waals surface area (Å²) >= 11 is 0. The van der Waals surface area contributed by atoms with Crippen molar-refractivity contribution in [1.29, 1.82) is 0 Å². The fourth-order valence-corrected chi connectivity index (χ4v) is 1.91. The molecule has 1 fully saturated rings. The molecule has 2 unspecified atom stereocenters. The molecule has 72 valence electrons. The van der Waals surface area contributed by atoms with E-state index in [1.165, 1.54) is 25.7 Å². The van der Waals surface area contributed by atoms with E-state index in [9.17, 15) is 4.21 Å². The highest BCUT2D eigenvalue weighted by Crippen LogP contribution is 2.17. The molecule has 1 saturated carbocycles. The first kappa shape index (κ1) is 10.2. The van der Waals surface area contributed by atoms with Gasteiger partial charge in [-0.15, -0.1) is 0 Å². The van der Waals surface area contributed by atoms with Crippen LogP contribution in [0, 0.1) is 0 Å². The molecule has 0 aliphatic heterocycles. The lowest BCUT2D eigenvalue weighted by Gasteiger charge is -2.14. The second-order valence-electron chi connectivity index (χ2n) is 3.70. The van der Waals surface area contributed by atoms with Crippen LogP contribution in [0.5, 0.6) is 0 Å². The molecule has 0 heterocycles. The van der Waals surface area contributed by atoms with Crippen molar-refractivity contribution in [3.8, 4) is 0 Å². The first-order valence-corrected chi connectivity index (χ1v) is 6.38. The van der Waals surface area contributed by atoms with Gasteiger partial charge in [-0.3, -0.25) is 4.21 Å². The van der Waals surface area contributed by atoms with Gasteiger partial charge < -0.3 is 5.32 Å². The molecule has 2 nitrogen and oxygen atoms in total. The molecule has 12 heavy (non-hydrogen) atoms. The average Bonchev–Trinajstić information content (AvgIpc) is 2.51. The topological polar surface area (TPSA) is 29.1 Å². The second kappa shape index (κ2) is 4.97. The van der Waals surface area contributed by atoms with Gasteiger partial charge in [-0.25, -0.2) is 0 Å². The van der Waals surface area contributed by atoms with Crippen LogP contribution in [0.2, 0.25) is 0 Å². The van der Waals surface area contributed by atoms with E-state index in [0.29, 0.717) is 11.3 Å². The van der Waals surface area contributed by atoms with E-state index >= 15 is 0 Å². The van der Waals surface area contributed by atoms with Crippen molar-refractivity contribution < 1.29 is 4.21 Å². The van der Waals surface area contributed by atoms with Crippen LogP contribution in [-0.2, 0) is 10.8 Å². The van der Waals surface area contributed by atoms with E-state index in [2.05, 4.69) is 5.32 Å².